The van der Waals surface area contributed by atoms with Crippen LogP contribution in [-0.4, -0.2) is 28.5 Å². The summed E-state index contributed by atoms with van der Waals surface area (Å²) >= 11 is 0.728. The first-order valence-corrected chi connectivity index (χ1v) is 9.39. The molecule has 0 unspecified atom stereocenters. The largest absolute Gasteiger partial charge is 0.322 e. The van der Waals surface area contributed by atoms with Crippen molar-refractivity contribution in [1.82, 2.24) is 4.90 Å². The number of allylic oxidation sites excluding steroid dienone is 2. The van der Waals surface area contributed by atoms with Gasteiger partial charge in [0.05, 0.1) is 10.6 Å². The van der Waals surface area contributed by atoms with E-state index in [0.717, 1.165) is 39.9 Å². The summed E-state index contributed by atoms with van der Waals surface area (Å²) in [7, 11) is 0. The number of benzene rings is 2. The Morgan fingerprint density at radius 3 is 2.55 bits per heavy atom. The smallest absolute Gasteiger partial charge is 0.294 e. The lowest BCUT2D eigenvalue weighted by Crippen LogP contribution is -2.36. The molecule has 2 aromatic carbocycles. The van der Waals surface area contributed by atoms with E-state index in [2.05, 4.69) is 5.32 Å². The summed E-state index contributed by atoms with van der Waals surface area (Å²) in [6, 6.07) is 12.1. The van der Waals surface area contributed by atoms with Crippen LogP contribution in [0.1, 0.15) is 12.5 Å². The highest BCUT2D eigenvalue weighted by atomic mass is 32.2. The van der Waals surface area contributed by atoms with Gasteiger partial charge in [0.2, 0.25) is 5.91 Å². The maximum Gasteiger partial charge on any atom is 0.294 e. The summed E-state index contributed by atoms with van der Waals surface area (Å²) in [6.07, 6.45) is 3.44. The van der Waals surface area contributed by atoms with Gasteiger partial charge in [0.15, 0.2) is 0 Å². The van der Waals surface area contributed by atoms with Gasteiger partial charge in [0, 0.05) is 6.07 Å². The molecule has 148 valence electrons. The van der Waals surface area contributed by atoms with Gasteiger partial charge < -0.3 is 5.32 Å². The second kappa shape index (κ2) is 8.83. The number of thioether (sulfide) groups is 1. The van der Waals surface area contributed by atoms with E-state index in [9.17, 15) is 23.2 Å². The number of nitrogens with zero attached hydrogens (tertiary/aromatic N) is 1. The first-order chi connectivity index (χ1) is 13.8. The van der Waals surface area contributed by atoms with E-state index in [1.165, 1.54) is 0 Å². The minimum Gasteiger partial charge on any atom is -0.322 e. The predicted molar refractivity (Wildman–Crippen MR) is 108 cm³/mol. The molecular weight excluding hydrogens is 398 g/mol. The number of carbonyl (C=O) groups excluding carboxylic acids is 3. The van der Waals surface area contributed by atoms with Gasteiger partial charge in [-0.1, -0.05) is 36.4 Å². The molecule has 29 heavy (non-hydrogen) atoms. The first kappa shape index (κ1) is 20.5. The Morgan fingerprint density at radius 2 is 1.86 bits per heavy atom. The lowest BCUT2D eigenvalue weighted by Gasteiger charge is -2.12. The van der Waals surface area contributed by atoms with E-state index >= 15 is 0 Å². The number of hydrogen-bond donors (Lipinski definition) is 1. The van der Waals surface area contributed by atoms with E-state index in [1.807, 2.05) is 36.4 Å². The Balaban J connectivity index is 1.68. The highest BCUT2D eigenvalue weighted by Crippen LogP contribution is 2.31. The topological polar surface area (TPSA) is 66.5 Å². The zero-order chi connectivity index (χ0) is 21.0. The van der Waals surface area contributed by atoms with Crippen molar-refractivity contribution in [2.75, 3.05) is 11.9 Å². The molecular formula is C21H16F2N2O3S. The summed E-state index contributed by atoms with van der Waals surface area (Å²) in [5.74, 6) is -3.10. The average molecular weight is 414 g/mol. The molecule has 1 saturated heterocycles. The molecule has 3 amide bonds. The SMILES string of the molecule is CC(=C\c1ccccc1)/C=C1/SC(=O)N(CC(=O)Nc2ccc(F)cc2F)C1=O. The third kappa shape index (κ3) is 5.17. The number of anilines is 1. The maximum absolute atomic E-state index is 13.6. The highest BCUT2D eigenvalue weighted by molar-refractivity contribution is 8.18. The molecule has 0 saturated carbocycles. The molecule has 0 radical (unpaired) electrons. The van der Waals surface area contributed by atoms with E-state index in [0.29, 0.717) is 6.07 Å². The quantitative estimate of drug-likeness (QED) is 0.727. The molecule has 0 aliphatic carbocycles. The van der Waals surface area contributed by atoms with Crippen molar-refractivity contribution in [1.29, 1.82) is 0 Å². The Labute approximate surface area is 170 Å². The van der Waals surface area contributed by atoms with Crippen molar-refractivity contribution in [3.05, 3.63) is 82.3 Å². The van der Waals surface area contributed by atoms with Crippen molar-refractivity contribution in [2.24, 2.45) is 0 Å². The minimum atomic E-state index is -0.950. The predicted octanol–water partition coefficient (Wildman–Crippen LogP) is 4.59. The van der Waals surface area contributed by atoms with Crippen LogP contribution in [0.15, 0.2) is 65.1 Å². The Bertz CT molecular complexity index is 1040. The molecule has 8 heteroatoms. The molecule has 5 nitrogen and oxygen atoms in total. The van der Waals surface area contributed by atoms with Crippen LogP contribution in [0.3, 0.4) is 0 Å². The van der Waals surface area contributed by atoms with Gasteiger partial charge in [-0.25, -0.2) is 8.78 Å². The maximum atomic E-state index is 13.6. The van der Waals surface area contributed by atoms with Gasteiger partial charge in [-0.2, -0.15) is 0 Å². The second-order valence-electron chi connectivity index (χ2n) is 6.24. The van der Waals surface area contributed by atoms with E-state index < -0.39 is 35.2 Å². The van der Waals surface area contributed by atoms with Gasteiger partial charge in [-0.05, 0) is 48.0 Å². The van der Waals surface area contributed by atoms with E-state index in [4.69, 9.17) is 0 Å². The molecule has 3 rings (SSSR count). The summed E-state index contributed by atoms with van der Waals surface area (Å²) in [5.41, 5.74) is 1.47. The van der Waals surface area contributed by atoms with E-state index in [1.54, 1.807) is 13.0 Å². The van der Waals surface area contributed by atoms with Crippen molar-refractivity contribution in [3.8, 4) is 0 Å². The number of halogens is 2. The Morgan fingerprint density at radius 1 is 1.14 bits per heavy atom. The standard InChI is InChI=1S/C21H16F2N2O3S/c1-13(9-14-5-3-2-4-6-14)10-18-20(27)25(21(28)29-18)12-19(26)24-17-8-7-15(22)11-16(17)23/h2-11H,12H2,1H3,(H,24,26)/b13-9+,18-10+. The number of amides is 3. The third-order valence-corrected chi connectivity index (χ3v) is 4.84. The molecule has 0 aromatic heterocycles. The monoisotopic (exact) mass is 414 g/mol. The van der Waals surface area contributed by atoms with Crippen LogP contribution in [0.5, 0.6) is 0 Å². The molecule has 1 fully saturated rings. The first-order valence-electron chi connectivity index (χ1n) is 8.57. The summed E-state index contributed by atoms with van der Waals surface area (Å²) in [4.78, 5) is 37.7. The van der Waals surface area contributed by atoms with Crippen LogP contribution in [0.4, 0.5) is 19.3 Å². The van der Waals surface area contributed by atoms with E-state index in [-0.39, 0.29) is 10.6 Å². The van der Waals surface area contributed by atoms with Crippen molar-refractivity contribution in [3.63, 3.8) is 0 Å². The van der Waals surface area contributed by atoms with Crippen LogP contribution in [0, 0.1) is 11.6 Å². The van der Waals surface area contributed by atoms with Crippen LogP contribution in [0.25, 0.3) is 6.08 Å². The van der Waals surface area contributed by atoms with Crippen LogP contribution in [0.2, 0.25) is 0 Å². The number of carbonyl (C=O) groups is 3. The van der Waals surface area contributed by atoms with Gasteiger partial charge in [0.1, 0.15) is 18.2 Å². The number of imide groups is 1. The molecule has 1 N–H and O–H groups in total. The fourth-order valence-electron chi connectivity index (χ4n) is 2.62. The molecule has 0 spiro atoms. The zero-order valence-corrected chi connectivity index (χ0v) is 16.1. The van der Waals surface area contributed by atoms with Gasteiger partial charge >= 0.3 is 0 Å². The Kier molecular flexibility index (Phi) is 6.23. The lowest BCUT2D eigenvalue weighted by atomic mass is 10.1. The molecule has 1 heterocycles. The van der Waals surface area contributed by atoms with Crippen molar-refractivity contribution < 1.29 is 23.2 Å². The van der Waals surface area contributed by atoms with Crippen LogP contribution in [-0.2, 0) is 9.59 Å². The zero-order valence-electron chi connectivity index (χ0n) is 15.3. The molecule has 1 aliphatic rings. The van der Waals surface area contributed by atoms with Crippen LogP contribution >= 0.6 is 11.8 Å². The summed E-state index contributed by atoms with van der Waals surface area (Å²) in [5, 5.41) is 1.63. The van der Waals surface area contributed by atoms with Gasteiger partial charge in [0.25, 0.3) is 11.1 Å². The number of rotatable bonds is 5. The molecule has 0 atom stereocenters. The minimum absolute atomic E-state index is 0.195. The number of hydrogen-bond acceptors (Lipinski definition) is 4. The highest BCUT2D eigenvalue weighted by Gasteiger charge is 2.36. The molecule has 0 bridgehead atoms. The molecule has 2 aromatic rings. The number of nitrogens with one attached hydrogen (secondary N) is 1. The fraction of sp³-hybridized carbons (Fsp3) is 0.0952. The van der Waals surface area contributed by atoms with Crippen molar-refractivity contribution in [2.45, 2.75) is 6.92 Å². The normalized spacial score (nSPS) is 15.9. The Hall–Kier alpha value is -3.26. The second-order valence-corrected chi connectivity index (χ2v) is 7.23. The summed E-state index contributed by atoms with van der Waals surface area (Å²) < 4.78 is 26.6. The van der Waals surface area contributed by atoms with Gasteiger partial charge in [-0.3, -0.25) is 19.3 Å². The van der Waals surface area contributed by atoms with Crippen molar-refractivity contribution >= 4 is 40.6 Å². The third-order valence-electron chi connectivity index (χ3n) is 3.93. The average Bonchev–Trinajstić information content (AvgIpc) is 2.92. The van der Waals surface area contributed by atoms with Crippen LogP contribution < -0.4 is 5.32 Å². The lowest BCUT2D eigenvalue weighted by molar-refractivity contribution is -0.127. The fourth-order valence-corrected chi connectivity index (χ4v) is 3.51. The summed E-state index contributed by atoms with van der Waals surface area (Å²) in [6.45, 7) is 1.23. The van der Waals surface area contributed by atoms with Gasteiger partial charge in [-0.15, -0.1) is 0 Å². The molecule has 1 aliphatic heterocycles.